The van der Waals surface area contributed by atoms with E-state index in [4.69, 9.17) is 4.74 Å². The number of benzene rings is 4. The zero-order chi connectivity index (χ0) is 28.9. The highest BCUT2D eigenvalue weighted by Crippen LogP contribution is 2.28. The van der Waals surface area contributed by atoms with Gasteiger partial charge in [-0.25, -0.2) is 4.79 Å². The van der Waals surface area contributed by atoms with Gasteiger partial charge < -0.3 is 19.7 Å². The Morgan fingerprint density at radius 2 is 1.52 bits per heavy atom. The topological polar surface area (TPSA) is 93.5 Å². The largest absolute Gasteiger partial charge is 0.492 e. The monoisotopic (exact) mass is 555 g/mol. The smallest absolute Gasteiger partial charge is 0.326 e. The van der Waals surface area contributed by atoms with Crippen LogP contribution in [0.5, 0.6) is 5.75 Å². The lowest BCUT2D eigenvalue weighted by Crippen LogP contribution is -2.32. The summed E-state index contributed by atoms with van der Waals surface area (Å²) in [5, 5.41) is 15.4. The number of carbonyl (C=O) groups is 2. The number of aromatic nitrogens is 2. The molecule has 0 saturated heterocycles. The number of carbonyl (C=O) groups excluding carboxylic acids is 1. The lowest BCUT2D eigenvalue weighted by atomic mass is 10.00. The summed E-state index contributed by atoms with van der Waals surface area (Å²) in [6.45, 7) is 1.12. The molecular formula is C35H29N3O4. The highest BCUT2D eigenvalue weighted by Gasteiger charge is 2.21. The van der Waals surface area contributed by atoms with Gasteiger partial charge in [-0.1, -0.05) is 72.8 Å². The van der Waals surface area contributed by atoms with Gasteiger partial charge >= 0.3 is 5.97 Å². The molecule has 2 heterocycles. The second kappa shape index (κ2) is 12.0. The first kappa shape index (κ1) is 26.8. The molecule has 2 N–H and O–H groups in total. The van der Waals surface area contributed by atoms with Crippen LogP contribution in [0.1, 0.15) is 21.5 Å². The summed E-state index contributed by atoms with van der Waals surface area (Å²) in [4.78, 5) is 29.6. The van der Waals surface area contributed by atoms with Crippen LogP contribution in [0.15, 0.2) is 122 Å². The number of pyridine rings is 1. The first-order valence-electron chi connectivity index (χ1n) is 13.8. The molecule has 0 unspecified atom stereocenters. The molecule has 208 valence electrons. The molecule has 0 radical (unpaired) electrons. The number of rotatable bonds is 11. The third-order valence-corrected chi connectivity index (χ3v) is 7.36. The Bertz CT molecular complexity index is 1810. The van der Waals surface area contributed by atoms with Crippen molar-refractivity contribution in [3.63, 3.8) is 0 Å². The number of hydrogen-bond acceptors (Lipinski definition) is 5. The third kappa shape index (κ3) is 5.58. The molecule has 7 heteroatoms. The number of hydrogen-bond donors (Lipinski definition) is 2. The van der Waals surface area contributed by atoms with Crippen LogP contribution < -0.4 is 10.1 Å². The van der Waals surface area contributed by atoms with Gasteiger partial charge in [-0.3, -0.25) is 9.78 Å². The Hall–Kier alpha value is -5.43. The minimum Gasteiger partial charge on any atom is -0.492 e. The molecule has 0 spiro atoms. The molecule has 6 rings (SSSR count). The summed E-state index contributed by atoms with van der Waals surface area (Å²) in [6, 6.07) is 32.8. The van der Waals surface area contributed by atoms with Crippen LogP contribution in [-0.2, 0) is 17.8 Å². The highest BCUT2D eigenvalue weighted by molar-refractivity contribution is 6.12. The molecule has 0 saturated carbocycles. The average Bonchev–Trinajstić information content (AvgIpc) is 3.35. The molecule has 7 nitrogen and oxygen atoms in total. The van der Waals surface area contributed by atoms with E-state index in [9.17, 15) is 14.7 Å². The Labute approximate surface area is 243 Å². The van der Waals surface area contributed by atoms with Gasteiger partial charge in [-0.15, -0.1) is 0 Å². The van der Waals surface area contributed by atoms with E-state index in [1.807, 2.05) is 60.9 Å². The van der Waals surface area contributed by atoms with Crippen molar-refractivity contribution in [2.75, 3.05) is 11.9 Å². The SMILES string of the molecule is O=C(c1ccccc1)c1ccccc1N[C@@H](Cc1ccc(OCCn2c3ccccc3c3ccncc32)cc1)C(=O)O. The number of anilines is 1. The highest BCUT2D eigenvalue weighted by atomic mass is 16.5. The minimum atomic E-state index is -1.00. The van der Waals surface area contributed by atoms with E-state index in [1.165, 1.54) is 10.8 Å². The second-order valence-corrected chi connectivity index (χ2v) is 10.0. The average molecular weight is 556 g/mol. The lowest BCUT2D eigenvalue weighted by Gasteiger charge is -2.18. The third-order valence-electron chi connectivity index (χ3n) is 7.36. The normalized spacial score (nSPS) is 11.8. The van der Waals surface area contributed by atoms with Crippen molar-refractivity contribution in [2.45, 2.75) is 19.0 Å². The van der Waals surface area contributed by atoms with E-state index in [0.29, 0.717) is 35.7 Å². The van der Waals surface area contributed by atoms with E-state index >= 15 is 0 Å². The van der Waals surface area contributed by atoms with Gasteiger partial charge in [0.25, 0.3) is 0 Å². The number of aliphatic carboxylic acids is 1. The Kier molecular flexibility index (Phi) is 7.64. The van der Waals surface area contributed by atoms with Crippen LogP contribution in [-0.4, -0.2) is 39.1 Å². The summed E-state index contributed by atoms with van der Waals surface area (Å²) in [5.74, 6) is -0.462. The van der Waals surface area contributed by atoms with Gasteiger partial charge in [0, 0.05) is 45.7 Å². The molecule has 0 amide bonds. The van der Waals surface area contributed by atoms with Gasteiger partial charge in [0.15, 0.2) is 5.78 Å². The number of nitrogens with one attached hydrogen (secondary N) is 1. The van der Waals surface area contributed by atoms with E-state index in [-0.39, 0.29) is 12.2 Å². The molecule has 1 atom stereocenters. The van der Waals surface area contributed by atoms with Gasteiger partial charge in [-0.2, -0.15) is 0 Å². The molecule has 42 heavy (non-hydrogen) atoms. The fraction of sp³-hybridized carbons (Fsp3) is 0.114. The fourth-order valence-corrected chi connectivity index (χ4v) is 5.29. The zero-order valence-electron chi connectivity index (χ0n) is 22.8. The van der Waals surface area contributed by atoms with Gasteiger partial charge in [0.05, 0.1) is 18.3 Å². The van der Waals surface area contributed by atoms with E-state index < -0.39 is 12.0 Å². The van der Waals surface area contributed by atoms with Gasteiger partial charge in [-0.05, 0) is 42.0 Å². The summed E-state index contributed by atoms with van der Waals surface area (Å²) >= 11 is 0. The maximum Gasteiger partial charge on any atom is 0.326 e. The Morgan fingerprint density at radius 1 is 0.810 bits per heavy atom. The number of fused-ring (bicyclic) bond motifs is 3. The zero-order valence-corrected chi connectivity index (χ0v) is 22.8. The Morgan fingerprint density at radius 3 is 2.33 bits per heavy atom. The lowest BCUT2D eigenvalue weighted by molar-refractivity contribution is -0.137. The first-order valence-corrected chi connectivity index (χ1v) is 13.8. The molecule has 0 aliphatic heterocycles. The fourth-order valence-electron chi connectivity index (χ4n) is 5.29. The molecule has 4 aromatic carbocycles. The molecule has 2 aromatic heterocycles. The molecule has 0 fully saturated rings. The van der Waals surface area contributed by atoms with Crippen molar-refractivity contribution in [1.82, 2.24) is 9.55 Å². The number of ketones is 1. The van der Waals surface area contributed by atoms with Crippen molar-refractivity contribution in [1.29, 1.82) is 0 Å². The molecule has 0 bridgehead atoms. The predicted molar refractivity (Wildman–Crippen MR) is 164 cm³/mol. The van der Waals surface area contributed by atoms with Crippen molar-refractivity contribution in [3.05, 3.63) is 138 Å². The van der Waals surface area contributed by atoms with Crippen LogP contribution in [0.25, 0.3) is 21.8 Å². The van der Waals surface area contributed by atoms with Crippen LogP contribution in [0, 0.1) is 0 Å². The minimum absolute atomic E-state index is 0.165. The molecule has 0 aliphatic carbocycles. The molecular weight excluding hydrogens is 526 g/mol. The number of ether oxygens (including phenoxy) is 1. The van der Waals surface area contributed by atoms with Crippen LogP contribution in [0.2, 0.25) is 0 Å². The van der Waals surface area contributed by atoms with E-state index in [2.05, 4.69) is 27.0 Å². The van der Waals surface area contributed by atoms with Crippen LogP contribution in [0.4, 0.5) is 5.69 Å². The number of nitrogens with zero attached hydrogens (tertiary/aromatic N) is 2. The number of carboxylic acids is 1. The standard InChI is InChI=1S/C35H29N3O4/c39-34(25-8-2-1-3-9-25)29-11-4-6-12-30(29)37-31(35(40)41)22-24-14-16-26(17-15-24)42-21-20-38-32-13-7-5-10-27(32)28-18-19-36-23-33(28)38/h1-19,23,31,37H,20-22H2,(H,40,41)/t31-/m0/s1. The Balaban J connectivity index is 1.12. The van der Waals surface area contributed by atoms with Crippen LogP contribution in [0.3, 0.4) is 0 Å². The first-order chi connectivity index (χ1) is 20.6. The number of carboxylic acid groups (broad SMARTS) is 1. The summed E-state index contributed by atoms with van der Waals surface area (Å²) in [7, 11) is 0. The maximum atomic E-state index is 13.1. The summed E-state index contributed by atoms with van der Waals surface area (Å²) in [6.07, 6.45) is 3.93. The van der Waals surface area contributed by atoms with Gasteiger partial charge in [0.1, 0.15) is 18.4 Å². The van der Waals surface area contributed by atoms with Crippen molar-refractivity contribution >= 4 is 39.2 Å². The van der Waals surface area contributed by atoms with Crippen molar-refractivity contribution < 1.29 is 19.4 Å². The van der Waals surface area contributed by atoms with Crippen LogP contribution >= 0.6 is 0 Å². The quantitative estimate of drug-likeness (QED) is 0.175. The summed E-state index contributed by atoms with van der Waals surface area (Å²) in [5.41, 5.74) is 4.50. The van der Waals surface area contributed by atoms with Crippen molar-refractivity contribution in [2.24, 2.45) is 0 Å². The number of para-hydroxylation sites is 2. The maximum absolute atomic E-state index is 13.1. The predicted octanol–water partition coefficient (Wildman–Crippen LogP) is 6.61. The molecule has 6 aromatic rings. The van der Waals surface area contributed by atoms with E-state index in [1.54, 1.807) is 48.5 Å². The van der Waals surface area contributed by atoms with Gasteiger partial charge in [0.2, 0.25) is 0 Å². The second-order valence-electron chi connectivity index (χ2n) is 10.0. The molecule has 0 aliphatic rings. The van der Waals surface area contributed by atoms with E-state index in [0.717, 1.165) is 16.6 Å². The summed E-state index contributed by atoms with van der Waals surface area (Å²) < 4.78 is 8.27. The van der Waals surface area contributed by atoms with Crippen molar-refractivity contribution in [3.8, 4) is 5.75 Å².